The minimum atomic E-state index is -0.802. The second-order valence-corrected chi connectivity index (χ2v) is 6.32. The van der Waals surface area contributed by atoms with Crippen molar-refractivity contribution < 1.29 is 5.11 Å². The van der Waals surface area contributed by atoms with Crippen molar-refractivity contribution in [3.63, 3.8) is 0 Å². The van der Waals surface area contributed by atoms with E-state index in [0.29, 0.717) is 5.92 Å². The van der Waals surface area contributed by atoms with Gasteiger partial charge in [-0.2, -0.15) is 0 Å². The van der Waals surface area contributed by atoms with Crippen molar-refractivity contribution in [3.8, 4) is 0 Å². The monoisotopic (exact) mass is 266 g/mol. The highest BCUT2D eigenvalue weighted by Gasteiger charge is 2.37. The van der Waals surface area contributed by atoms with Crippen molar-refractivity contribution in [1.29, 1.82) is 0 Å². The van der Waals surface area contributed by atoms with E-state index >= 15 is 0 Å². The molecule has 1 N–H and O–H groups in total. The predicted octanol–water partition coefficient (Wildman–Crippen LogP) is 4.07. The van der Waals surface area contributed by atoms with E-state index in [2.05, 4.69) is 56.3 Å². The van der Waals surface area contributed by atoms with Crippen molar-refractivity contribution in [3.05, 3.63) is 70.8 Å². The first-order valence-electron chi connectivity index (χ1n) is 7.50. The van der Waals surface area contributed by atoms with E-state index in [1.807, 2.05) is 6.07 Å². The van der Waals surface area contributed by atoms with E-state index in [1.165, 1.54) is 11.1 Å². The lowest BCUT2D eigenvalue weighted by Crippen LogP contribution is -2.24. The summed E-state index contributed by atoms with van der Waals surface area (Å²) < 4.78 is 0. The molecule has 0 spiro atoms. The lowest BCUT2D eigenvalue weighted by molar-refractivity contribution is 0.0828. The third-order valence-corrected chi connectivity index (χ3v) is 4.27. The van der Waals surface area contributed by atoms with Gasteiger partial charge in [-0.1, -0.05) is 62.4 Å². The molecular weight excluding hydrogens is 244 g/mol. The standard InChI is InChI=1S/C19H22O/c1-14(2)12-15-6-5-8-17(13-15)19(20)11-10-16-7-3-4-9-18(16)19/h3-9,13-14,20H,10-12H2,1-2H3. The van der Waals surface area contributed by atoms with Crippen LogP contribution in [0.3, 0.4) is 0 Å². The van der Waals surface area contributed by atoms with Crippen LogP contribution in [0.25, 0.3) is 0 Å². The summed E-state index contributed by atoms with van der Waals surface area (Å²) in [7, 11) is 0. The molecule has 0 saturated carbocycles. The van der Waals surface area contributed by atoms with Crippen LogP contribution in [0.2, 0.25) is 0 Å². The Balaban J connectivity index is 2.01. The van der Waals surface area contributed by atoms with E-state index in [1.54, 1.807) is 0 Å². The molecule has 0 saturated heterocycles. The van der Waals surface area contributed by atoms with Crippen molar-refractivity contribution in [1.82, 2.24) is 0 Å². The molecule has 20 heavy (non-hydrogen) atoms. The lowest BCUT2D eigenvalue weighted by atomic mass is 9.86. The third-order valence-electron chi connectivity index (χ3n) is 4.27. The van der Waals surface area contributed by atoms with Crippen LogP contribution in [0.5, 0.6) is 0 Å². The largest absolute Gasteiger partial charge is 0.380 e. The topological polar surface area (TPSA) is 20.2 Å². The molecule has 0 radical (unpaired) electrons. The predicted molar refractivity (Wildman–Crippen MR) is 82.7 cm³/mol. The second kappa shape index (κ2) is 5.06. The van der Waals surface area contributed by atoms with Crippen molar-refractivity contribution in [2.45, 2.75) is 38.7 Å². The molecule has 1 unspecified atom stereocenters. The maximum Gasteiger partial charge on any atom is 0.115 e. The molecule has 1 aliphatic carbocycles. The number of aliphatic hydroxyl groups is 1. The summed E-state index contributed by atoms with van der Waals surface area (Å²) in [4.78, 5) is 0. The summed E-state index contributed by atoms with van der Waals surface area (Å²) in [6, 6.07) is 16.8. The minimum absolute atomic E-state index is 0.635. The average molecular weight is 266 g/mol. The van der Waals surface area contributed by atoms with Crippen molar-refractivity contribution >= 4 is 0 Å². The third kappa shape index (κ3) is 2.27. The van der Waals surface area contributed by atoms with Gasteiger partial charge < -0.3 is 5.11 Å². The molecule has 3 rings (SSSR count). The fourth-order valence-electron chi connectivity index (χ4n) is 3.32. The highest BCUT2D eigenvalue weighted by molar-refractivity contribution is 5.45. The zero-order valence-electron chi connectivity index (χ0n) is 12.3. The fourth-order valence-corrected chi connectivity index (χ4v) is 3.32. The molecular formula is C19H22O. The second-order valence-electron chi connectivity index (χ2n) is 6.32. The summed E-state index contributed by atoms with van der Waals surface area (Å²) in [5.74, 6) is 0.635. The maximum atomic E-state index is 11.2. The van der Waals surface area contributed by atoms with E-state index in [4.69, 9.17) is 0 Å². The van der Waals surface area contributed by atoms with Crippen LogP contribution in [0.1, 0.15) is 42.5 Å². The average Bonchev–Trinajstić information content (AvgIpc) is 2.78. The number of hydrogen-bond acceptors (Lipinski definition) is 1. The molecule has 0 amide bonds. The van der Waals surface area contributed by atoms with Crippen LogP contribution in [0, 0.1) is 5.92 Å². The molecule has 1 heteroatoms. The Hall–Kier alpha value is -1.60. The first-order chi connectivity index (χ1) is 9.59. The van der Waals surface area contributed by atoms with Crippen LogP contribution in [0.15, 0.2) is 48.5 Å². The minimum Gasteiger partial charge on any atom is -0.380 e. The van der Waals surface area contributed by atoms with E-state index in [9.17, 15) is 5.11 Å². The van der Waals surface area contributed by atoms with E-state index < -0.39 is 5.60 Å². The smallest absolute Gasteiger partial charge is 0.115 e. The maximum absolute atomic E-state index is 11.2. The summed E-state index contributed by atoms with van der Waals surface area (Å²) >= 11 is 0. The molecule has 2 aromatic carbocycles. The van der Waals surface area contributed by atoms with Gasteiger partial charge in [-0.15, -0.1) is 0 Å². The Morgan fingerprint density at radius 2 is 1.90 bits per heavy atom. The number of fused-ring (bicyclic) bond motifs is 1. The number of rotatable bonds is 3. The summed E-state index contributed by atoms with van der Waals surface area (Å²) in [5, 5.41) is 11.2. The van der Waals surface area contributed by atoms with Crippen molar-refractivity contribution in [2.75, 3.05) is 0 Å². The van der Waals surface area contributed by atoms with Crippen LogP contribution >= 0.6 is 0 Å². The fraction of sp³-hybridized carbons (Fsp3) is 0.368. The first-order valence-corrected chi connectivity index (χ1v) is 7.50. The summed E-state index contributed by atoms with van der Waals surface area (Å²) in [6.07, 6.45) is 2.81. The summed E-state index contributed by atoms with van der Waals surface area (Å²) in [6.45, 7) is 4.46. The van der Waals surface area contributed by atoms with Gasteiger partial charge in [0.15, 0.2) is 0 Å². The number of benzene rings is 2. The molecule has 1 aliphatic rings. The Bertz CT molecular complexity index is 615. The highest BCUT2D eigenvalue weighted by Crippen LogP contribution is 2.42. The molecule has 104 valence electrons. The van der Waals surface area contributed by atoms with Crippen LogP contribution in [-0.4, -0.2) is 5.11 Å². The first kappa shape index (κ1) is 13.4. The van der Waals surface area contributed by atoms with Gasteiger partial charge in [0, 0.05) is 0 Å². The lowest BCUT2D eigenvalue weighted by Gasteiger charge is -2.25. The van der Waals surface area contributed by atoms with Crippen LogP contribution in [0.4, 0.5) is 0 Å². The Kier molecular flexibility index (Phi) is 3.39. The molecule has 0 fully saturated rings. The normalized spacial score (nSPS) is 21.2. The highest BCUT2D eigenvalue weighted by atomic mass is 16.3. The molecule has 1 atom stereocenters. The van der Waals surface area contributed by atoms with E-state index in [-0.39, 0.29) is 0 Å². The van der Waals surface area contributed by atoms with Gasteiger partial charge in [0.1, 0.15) is 5.60 Å². The summed E-state index contributed by atoms with van der Waals surface area (Å²) in [5.41, 5.74) is 3.92. The van der Waals surface area contributed by atoms with Crippen molar-refractivity contribution in [2.24, 2.45) is 5.92 Å². The van der Waals surface area contributed by atoms with Crippen LogP contribution < -0.4 is 0 Å². The zero-order valence-corrected chi connectivity index (χ0v) is 12.3. The quantitative estimate of drug-likeness (QED) is 0.888. The molecule has 0 aromatic heterocycles. The molecule has 1 nitrogen and oxygen atoms in total. The van der Waals surface area contributed by atoms with Gasteiger partial charge in [0.25, 0.3) is 0 Å². The van der Waals surface area contributed by atoms with Gasteiger partial charge in [-0.05, 0) is 47.4 Å². The molecule has 2 aromatic rings. The molecule has 0 bridgehead atoms. The van der Waals surface area contributed by atoms with Gasteiger partial charge in [-0.25, -0.2) is 0 Å². The molecule has 0 aliphatic heterocycles. The number of aryl methyl sites for hydroxylation is 1. The Morgan fingerprint density at radius 1 is 1.10 bits per heavy atom. The van der Waals surface area contributed by atoms with E-state index in [0.717, 1.165) is 30.4 Å². The van der Waals surface area contributed by atoms with Gasteiger partial charge in [0.2, 0.25) is 0 Å². The Labute approximate surface area is 121 Å². The Morgan fingerprint density at radius 3 is 2.70 bits per heavy atom. The SMILES string of the molecule is CC(C)Cc1cccc(C2(O)CCc3ccccc32)c1. The number of hydrogen-bond donors (Lipinski definition) is 1. The van der Waals surface area contributed by atoms with Gasteiger partial charge >= 0.3 is 0 Å². The van der Waals surface area contributed by atoms with Crippen LogP contribution in [-0.2, 0) is 18.4 Å². The van der Waals surface area contributed by atoms with Gasteiger partial charge in [-0.3, -0.25) is 0 Å². The van der Waals surface area contributed by atoms with Gasteiger partial charge in [0.05, 0.1) is 0 Å². The molecule has 0 heterocycles. The zero-order chi connectivity index (χ0) is 14.2.